The third-order valence-corrected chi connectivity index (χ3v) is 6.12. The molecule has 0 saturated carbocycles. The van der Waals surface area contributed by atoms with E-state index in [2.05, 4.69) is 17.1 Å². The Hall–Kier alpha value is -1.44. The third kappa shape index (κ3) is 2.32. The van der Waals surface area contributed by atoms with Gasteiger partial charge in [-0.15, -0.1) is 0 Å². The van der Waals surface area contributed by atoms with Gasteiger partial charge in [0, 0.05) is 7.05 Å². The molecule has 3 rings (SSSR count). The minimum Gasteiger partial charge on any atom is -0.344 e. The van der Waals surface area contributed by atoms with Crippen molar-refractivity contribution in [2.75, 3.05) is 11.9 Å². The summed E-state index contributed by atoms with van der Waals surface area (Å²) >= 11 is 1.11. The molecule has 0 unspecified atom stereocenters. The predicted octanol–water partition coefficient (Wildman–Crippen LogP) is 1.91. The smallest absolute Gasteiger partial charge is 0.249 e. The van der Waals surface area contributed by atoms with Gasteiger partial charge in [0.1, 0.15) is 0 Å². The molecule has 0 aliphatic heterocycles. The highest BCUT2D eigenvalue weighted by atomic mass is 32.2. The highest BCUT2D eigenvalue weighted by Gasteiger charge is 2.27. The Morgan fingerprint density at radius 1 is 1.40 bits per heavy atom. The van der Waals surface area contributed by atoms with E-state index in [9.17, 15) is 8.42 Å². The molecule has 7 heteroatoms. The van der Waals surface area contributed by atoms with Crippen LogP contribution < -0.4 is 10.0 Å². The average molecular weight is 309 g/mol. The summed E-state index contributed by atoms with van der Waals surface area (Å²) in [5.41, 5.74) is 2.65. The van der Waals surface area contributed by atoms with Crippen molar-refractivity contribution in [1.29, 1.82) is 0 Å². The lowest BCUT2D eigenvalue weighted by atomic mass is 10.1. The Labute approximate surface area is 122 Å². The van der Waals surface area contributed by atoms with Crippen LogP contribution >= 0.6 is 11.3 Å². The number of sulfonamides is 1. The molecule has 5 nitrogen and oxygen atoms in total. The molecule has 106 valence electrons. The maximum absolute atomic E-state index is 11.3. The van der Waals surface area contributed by atoms with Gasteiger partial charge in [-0.2, -0.15) is 0 Å². The van der Waals surface area contributed by atoms with Crippen LogP contribution in [0.2, 0.25) is 0 Å². The van der Waals surface area contributed by atoms with Gasteiger partial charge < -0.3 is 4.90 Å². The molecule has 0 radical (unpaired) electrons. The number of benzene rings is 1. The van der Waals surface area contributed by atoms with Crippen molar-refractivity contribution < 1.29 is 8.42 Å². The van der Waals surface area contributed by atoms with E-state index in [-0.39, 0.29) is 10.3 Å². The molecular weight excluding hydrogens is 294 g/mol. The lowest BCUT2D eigenvalue weighted by Gasteiger charge is -2.24. The van der Waals surface area contributed by atoms with Gasteiger partial charge in [0.15, 0.2) is 9.34 Å². The van der Waals surface area contributed by atoms with E-state index in [4.69, 9.17) is 5.14 Å². The van der Waals surface area contributed by atoms with Crippen LogP contribution in [-0.4, -0.2) is 20.4 Å². The number of primary sulfonamides is 1. The third-order valence-electron chi connectivity index (χ3n) is 3.62. The van der Waals surface area contributed by atoms with Crippen molar-refractivity contribution in [3.63, 3.8) is 0 Å². The van der Waals surface area contributed by atoms with Crippen molar-refractivity contribution in [2.24, 2.45) is 5.14 Å². The number of aryl methyl sites for hydroxylation is 1. The molecule has 1 aromatic carbocycles. The second kappa shape index (κ2) is 4.83. The summed E-state index contributed by atoms with van der Waals surface area (Å²) in [5.74, 6) is 0. The maximum Gasteiger partial charge on any atom is 0.249 e. The van der Waals surface area contributed by atoms with Crippen LogP contribution in [0, 0.1) is 0 Å². The van der Waals surface area contributed by atoms with Crippen LogP contribution in [-0.2, 0) is 16.4 Å². The minimum absolute atomic E-state index is 0.102. The van der Waals surface area contributed by atoms with Gasteiger partial charge >= 0.3 is 0 Å². The molecule has 1 aromatic heterocycles. The zero-order valence-electron chi connectivity index (χ0n) is 11.0. The first-order valence-corrected chi connectivity index (χ1v) is 8.62. The number of nitrogens with zero attached hydrogens (tertiary/aromatic N) is 2. The van der Waals surface area contributed by atoms with Crippen molar-refractivity contribution in [1.82, 2.24) is 4.98 Å². The second-order valence-electron chi connectivity index (χ2n) is 4.87. The summed E-state index contributed by atoms with van der Waals surface area (Å²) < 4.78 is 22.7. The predicted molar refractivity (Wildman–Crippen MR) is 79.4 cm³/mol. The summed E-state index contributed by atoms with van der Waals surface area (Å²) in [4.78, 5) is 6.22. The lowest BCUT2D eigenvalue weighted by Crippen LogP contribution is -2.21. The molecule has 0 amide bonds. The minimum atomic E-state index is -3.67. The van der Waals surface area contributed by atoms with E-state index in [1.807, 2.05) is 24.1 Å². The Morgan fingerprint density at radius 3 is 2.85 bits per heavy atom. The molecule has 1 aliphatic rings. The number of hydrogen-bond donors (Lipinski definition) is 1. The topological polar surface area (TPSA) is 76.3 Å². The van der Waals surface area contributed by atoms with Crippen LogP contribution in [0.1, 0.15) is 23.6 Å². The van der Waals surface area contributed by atoms with Gasteiger partial charge in [-0.25, -0.2) is 18.5 Å². The second-order valence-corrected chi connectivity index (χ2v) is 7.67. The van der Waals surface area contributed by atoms with Crippen LogP contribution in [0.15, 0.2) is 34.7 Å². The van der Waals surface area contributed by atoms with Gasteiger partial charge in [-0.05, 0) is 24.0 Å². The van der Waals surface area contributed by atoms with Gasteiger partial charge in [0.05, 0.1) is 12.2 Å². The van der Waals surface area contributed by atoms with Crippen LogP contribution in [0.5, 0.6) is 0 Å². The SMILES string of the molecule is CN(c1ncc(S(N)(=O)=O)s1)[C@H]1CCc2ccccc21. The van der Waals surface area contributed by atoms with E-state index in [1.54, 1.807) is 0 Å². The van der Waals surface area contributed by atoms with Gasteiger partial charge in [0.2, 0.25) is 10.0 Å². The van der Waals surface area contributed by atoms with Gasteiger partial charge in [-0.3, -0.25) is 0 Å². The summed E-state index contributed by atoms with van der Waals surface area (Å²) in [5, 5.41) is 5.80. The molecule has 0 spiro atoms. The van der Waals surface area contributed by atoms with E-state index in [0.29, 0.717) is 5.13 Å². The normalized spacial score (nSPS) is 18.0. The first-order chi connectivity index (χ1) is 9.47. The number of hydrogen-bond acceptors (Lipinski definition) is 5. The van der Waals surface area contributed by atoms with Crippen LogP contribution in [0.3, 0.4) is 0 Å². The zero-order valence-corrected chi connectivity index (χ0v) is 12.6. The van der Waals surface area contributed by atoms with Crippen LogP contribution in [0.4, 0.5) is 5.13 Å². The standard InChI is InChI=1S/C13H15N3O2S2/c1-16(13-15-8-12(19-13)20(14,17)18)11-7-6-9-4-2-3-5-10(9)11/h2-5,8,11H,6-7H2,1H3,(H2,14,17,18)/t11-/m0/s1. The Bertz CT molecular complexity index is 740. The monoisotopic (exact) mass is 309 g/mol. The largest absolute Gasteiger partial charge is 0.344 e. The van der Waals surface area contributed by atoms with E-state index in [1.165, 1.54) is 17.3 Å². The maximum atomic E-state index is 11.3. The number of nitrogens with two attached hydrogens (primary N) is 1. The van der Waals surface area contributed by atoms with Crippen molar-refractivity contribution in [3.8, 4) is 0 Å². The van der Waals surface area contributed by atoms with Crippen molar-refractivity contribution in [2.45, 2.75) is 23.1 Å². The molecule has 1 heterocycles. The summed E-state index contributed by atoms with van der Waals surface area (Å²) in [6, 6.07) is 8.58. The molecule has 2 N–H and O–H groups in total. The molecule has 1 atom stereocenters. The summed E-state index contributed by atoms with van der Waals surface area (Å²) in [6.07, 6.45) is 3.38. The Kier molecular flexibility index (Phi) is 3.27. The highest BCUT2D eigenvalue weighted by Crippen LogP contribution is 2.38. The fraction of sp³-hybridized carbons (Fsp3) is 0.308. The summed E-state index contributed by atoms with van der Waals surface area (Å²) in [6.45, 7) is 0. The van der Waals surface area contributed by atoms with E-state index >= 15 is 0 Å². The Morgan fingerprint density at radius 2 is 2.15 bits per heavy atom. The average Bonchev–Trinajstić information content (AvgIpc) is 3.04. The molecule has 2 aromatic rings. The molecule has 1 aliphatic carbocycles. The number of rotatable bonds is 3. The first kappa shape index (κ1) is 13.5. The van der Waals surface area contributed by atoms with Crippen molar-refractivity contribution in [3.05, 3.63) is 41.6 Å². The molecule has 0 fully saturated rings. The zero-order chi connectivity index (χ0) is 14.3. The van der Waals surface area contributed by atoms with Crippen molar-refractivity contribution >= 4 is 26.5 Å². The number of anilines is 1. The summed E-state index contributed by atoms with van der Waals surface area (Å²) in [7, 11) is -1.73. The number of aromatic nitrogens is 1. The van der Waals surface area contributed by atoms with Crippen LogP contribution in [0.25, 0.3) is 0 Å². The Balaban J connectivity index is 1.91. The quantitative estimate of drug-likeness (QED) is 0.939. The lowest BCUT2D eigenvalue weighted by molar-refractivity contribution is 0.599. The highest BCUT2D eigenvalue weighted by molar-refractivity contribution is 7.91. The molecular formula is C13H15N3O2S2. The van der Waals surface area contributed by atoms with Gasteiger partial charge in [-0.1, -0.05) is 35.6 Å². The van der Waals surface area contributed by atoms with E-state index in [0.717, 1.165) is 24.2 Å². The molecule has 0 bridgehead atoms. The molecule has 0 saturated heterocycles. The number of thiazole rings is 1. The fourth-order valence-corrected chi connectivity index (χ4v) is 4.17. The van der Waals surface area contributed by atoms with E-state index < -0.39 is 10.0 Å². The first-order valence-electron chi connectivity index (χ1n) is 6.26. The molecule has 20 heavy (non-hydrogen) atoms. The fourth-order valence-electron chi connectivity index (χ4n) is 2.62. The van der Waals surface area contributed by atoms with Gasteiger partial charge in [0.25, 0.3) is 0 Å². The number of fused-ring (bicyclic) bond motifs is 1.